The highest BCUT2D eigenvalue weighted by Gasteiger charge is 2.40. The van der Waals surface area contributed by atoms with Crippen LogP contribution in [0.2, 0.25) is 0 Å². The number of allylic oxidation sites excluding steroid dienone is 3. The number of nitrogens with zero attached hydrogens (tertiary/aromatic N) is 3. The van der Waals surface area contributed by atoms with Gasteiger partial charge in [0, 0.05) is 45.0 Å². The summed E-state index contributed by atoms with van der Waals surface area (Å²) in [5.74, 6) is 2.01. The minimum Gasteiger partial charge on any atom is -0.456 e. The van der Waals surface area contributed by atoms with E-state index < -0.39 is 0 Å². The number of para-hydroxylation sites is 1. The first-order valence-corrected chi connectivity index (χ1v) is 16.2. The number of benzene rings is 5. The number of thioether (sulfide) groups is 1. The highest BCUT2D eigenvalue weighted by Crippen LogP contribution is 2.51. The summed E-state index contributed by atoms with van der Waals surface area (Å²) in [6, 6.07) is 42.5. The van der Waals surface area contributed by atoms with Crippen LogP contribution in [0.1, 0.15) is 22.6 Å². The molecule has 3 heterocycles. The van der Waals surface area contributed by atoms with E-state index in [2.05, 4.69) is 127 Å². The van der Waals surface area contributed by atoms with E-state index in [1.54, 1.807) is 0 Å². The van der Waals surface area contributed by atoms with Crippen LogP contribution in [0, 0.1) is 0 Å². The van der Waals surface area contributed by atoms with Crippen molar-refractivity contribution < 1.29 is 4.42 Å². The second-order valence-electron chi connectivity index (χ2n) is 11.8. The zero-order chi connectivity index (χ0) is 29.9. The lowest BCUT2D eigenvalue weighted by atomic mass is 9.86. The van der Waals surface area contributed by atoms with Crippen LogP contribution in [0.5, 0.6) is 0 Å². The fourth-order valence-corrected chi connectivity index (χ4v) is 8.48. The van der Waals surface area contributed by atoms with Gasteiger partial charge in [-0.2, -0.15) is 0 Å². The van der Waals surface area contributed by atoms with Crippen LogP contribution in [0.4, 0.5) is 0 Å². The van der Waals surface area contributed by atoms with Gasteiger partial charge in [-0.1, -0.05) is 115 Å². The van der Waals surface area contributed by atoms with Crippen molar-refractivity contribution >= 4 is 45.4 Å². The third-order valence-corrected chi connectivity index (χ3v) is 10.6. The molecular weight excluding hydrogens is 571 g/mol. The maximum Gasteiger partial charge on any atom is 0.159 e. The summed E-state index contributed by atoms with van der Waals surface area (Å²) in [7, 11) is 2.13. The molecule has 0 bridgehead atoms. The standard InChI is InChI=1S/C40H29N3OS/c1-43-39(27-15-9-14-26(24-27)28-18-11-22-34-36(28)31-17-5-7-21-33(31)44-34)41-38(25-12-3-2-4-13-25)42-40(43)32-20-10-19-30-29-16-6-8-23-35(29)45-37(30)32/h2-24,30,37,40H,1H3. The molecule has 0 radical (unpaired) electrons. The average molecular weight is 600 g/mol. The van der Waals surface area contributed by atoms with Crippen molar-refractivity contribution in [2.24, 2.45) is 9.98 Å². The quantitative estimate of drug-likeness (QED) is 0.203. The maximum absolute atomic E-state index is 6.22. The third-order valence-electron chi connectivity index (χ3n) is 9.12. The van der Waals surface area contributed by atoms with E-state index in [-0.39, 0.29) is 6.17 Å². The summed E-state index contributed by atoms with van der Waals surface area (Å²) in [6.45, 7) is 0. The van der Waals surface area contributed by atoms with Gasteiger partial charge in [0.1, 0.15) is 23.2 Å². The second kappa shape index (κ2) is 10.5. The molecule has 0 saturated heterocycles. The molecule has 0 spiro atoms. The van der Waals surface area contributed by atoms with Gasteiger partial charge in [-0.15, -0.1) is 11.8 Å². The van der Waals surface area contributed by atoms with Gasteiger partial charge in [-0.05, 0) is 46.5 Å². The van der Waals surface area contributed by atoms with Crippen LogP contribution in [-0.4, -0.2) is 35.0 Å². The lowest BCUT2D eigenvalue weighted by molar-refractivity contribution is 0.406. The molecule has 5 aromatic carbocycles. The largest absolute Gasteiger partial charge is 0.456 e. The van der Waals surface area contributed by atoms with Gasteiger partial charge >= 0.3 is 0 Å². The summed E-state index contributed by atoms with van der Waals surface area (Å²) in [4.78, 5) is 14.2. The number of hydrogen-bond acceptors (Lipinski definition) is 5. The minimum absolute atomic E-state index is 0.183. The van der Waals surface area contributed by atoms with Crippen LogP contribution in [0.3, 0.4) is 0 Å². The Kier molecular flexibility index (Phi) is 6.13. The number of aliphatic imine (C=N–C) groups is 2. The maximum atomic E-state index is 6.22. The van der Waals surface area contributed by atoms with E-state index in [1.165, 1.54) is 16.0 Å². The van der Waals surface area contributed by atoms with Crippen molar-refractivity contribution in [3.8, 4) is 11.1 Å². The van der Waals surface area contributed by atoms with Crippen LogP contribution in [0.25, 0.3) is 33.1 Å². The fraction of sp³-hybridized carbons (Fsp3) is 0.100. The Morgan fingerprint density at radius 3 is 2.42 bits per heavy atom. The zero-order valence-corrected chi connectivity index (χ0v) is 25.5. The first kappa shape index (κ1) is 26.3. The predicted octanol–water partition coefficient (Wildman–Crippen LogP) is 9.47. The molecule has 3 aliphatic rings. The Labute approximate surface area is 266 Å². The van der Waals surface area contributed by atoms with Crippen molar-refractivity contribution in [1.82, 2.24) is 4.90 Å². The van der Waals surface area contributed by atoms with Crippen molar-refractivity contribution in [2.45, 2.75) is 22.2 Å². The molecule has 3 unspecified atom stereocenters. The van der Waals surface area contributed by atoms with Gasteiger partial charge < -0.3 is 9.32 Å². The molecule has 0 saturated carbocycles. The Morgan fingerprint density at radius 2 is 1.49 bits per heavy atom. The van der Waals surface area contributed by atoms with Crippen molar-refractivity contribution in [3.63, 3.8) is 0 Å². The number of rotatable bonds is 4. The molecule has 2 aliphatic heterocycles. The normalized spacial score (nSPS) is 20.5. The molecule has 5 heteroatoms. The van der Waals surface area contributed by atoms with E-state index >= 15 is 0 Å². The van der Waals surface area contributed by atoms with E-state index in [0.717, 1.165) is 55.9 Å². The SMILES string of the molecule is CN1C(c2cccc(-c3cccc4oc5ccccc5c34)c2)=NC(c2ccccc2)=NC1C1=CC=CC2c3ccccc3SC12. The number of hydrogen-bond donors (Lipinski definition) is 0. The van der Waals surface area contributed by atoms with Gasteiger partial charge in [0.2, 0.25) is 0 Å². The lowest BCUT2D eigenvalue weighted by Crippen LogP contribution is -2.44. The number of likely N-dealkylation sites (N-methyl/N-ethyl adjacent to an activating group) is 1. The smallest absolute Gasteiger partial charge is 0.159 e. The predicted molar refractivity (Wildman–Crippen MR) is 186 cm³/mol. The monoisotopic (exact) mass is 599 g/mol. The first-order chi connectivity index (χ1) is 22.2. The zero-order valence-electron chi connectivity index (χ0n) is 24.7. The molecule has 4 nitrogen and oxygen atoms in total. The highest BCUT2D eigenvalue weighted by atomic mass is 32.2. The number of furan rings is 1. The molecule has 1 aromatic heterocycles. The minimum atomic E-state index is -0.183. The fourth-order valence-electron chi connectivity index (χ4n) is 6.99. The molecule has 9 rings (SSSR count). The van der Waals surface area contributed by atoms with Crippen LogP contribution in [-0.2, 0) is 0 Å². The Bertz CT molecular complexity index is 2240. The molecule has 0 fully saturated rings. The van der Waals surface area contributed by atoms with Crippen LogP contribution < -0.4 is 0 Å². The van der Waals surface area contributed by atoms with E-state index in [4.69, 9.17) is 14.4 Å². The van der Waals surface area contributed by atoms with Gasteiger partial charge in [0.25, 0.3) is 0 Å². The summed E-state index contributed by atoms with van der Waals surface area (Å²) in [5.41, 5.74) is 8.85. The Hall–Kier alpha value is -5.13. The molecular formula is C40H29N3OS. The Balaban J connectivity index is 1.16. The van der Waals surface area contributed by atoms with Gasteiger partial charge in [0.05, 0.1) is 0 Å². The number of amidine groups is 2. The molecule has 216 valence electrons. The molecule has 1 aliphatic carbocycles. The third kappa shape index (κ3) is 4.30. The molecule has 3 atom stereocenters. The lowest BCUT2D eigenvalue weighted by Gasteiger charge is -2.37. The van der Waals surface area contributed by atoms with E-state index in [1.807, 2.05) is 36.0 Å². The van der Waals surface area contributed by atoms with Crippen LogP contribution in [0.15, 0.2) is 164 Å². The molecule has 0 N–H and O–H groups in total. The molecule has 45 heavy (non-hydrogen) atoms. The Morgan fingerprint density at radius 1 is 0.733 bits per heavy atom. The van der Waals surface area contributed by atoms with Gasteiger partial charge in [-0.25, -0.2) is 9.98 Å². The van der Waals surface area contributed by atoms with Crippen LogP contribution >= 0.6 is 11.8 Å². The van der Waals surface area contributed by atoms with Gasteiger partial charge in [-0.3, -0.25) is 0 Å². The number of fused-ring (bicyclic) bond motifs is 6. The molecule has 6 aromatic rings. The van der Waals surface area contributed by atoms with Crippen molar-refractivity contribution in [3.05, 3.63) is 162 Å². The van der Waals surface area contributed by atoms with E-state index in [9.17, 15) is 0 Å². The van der Waals surface area contributed by atoms with E-state index in [0.29, 0.717) is 11.2 Å². The highest BCUT2D eigenvalue weighted by molar-refractivity contribution is 8.00. The van der Waals surface area contributed by atoms with Crippen molar-refractivity contribution in [1.29, 1.82) is 0 Å². The molecule has 0 amide bonds. The second-order valence-corrected chi connectivity index (χ2v) is 12.9. The van der Waals surface area contributed by atoms with Crippen molar-refractivity contribution in [2.75, 3.05) is 7.05 Å². The summed E-state index contributed by atoms with van der Waals surface area (Å²) >= 11 is 1.96. The topological polar surface area (TPSA) is 41.1 Å². The first-order valence-electron chi connectivity index (χ1n) is 15.3. The summed E-state index contributed by atoms with van der Waals surface area (Å²) in [5, 5.41) is 2.55. The summed E-state index contributed by atoms with van der Waals surface area (Å²) in [6.07, 6.45) is 6.65. The summed E-state index contributed by atoms with van der Waals surface area (Å²) < 4.78 is 6.22. The average Bonchev–Trinajstić information content (AvgIpc) is 3.68. The van der Waals surface area contributed by atoms with Gasteiger partial charge in [0.15, 0.2) is 5.84 Å².